The standard InChI is InChI=1S/C20H24O4/c1-16(13-19(21)22-2)20(18-11-7-4-8-12-18)24-15-23-14-17-9-5-3-6-10-17/h3-12,16,20H,13-15H2,1-2H3/t16-,20-/m1/s1. The summed E-state index contributed by atoms with van der Waals surface area (Å²) in [4.78, 5) is 11.6. The van der Waals surface area contributed by atoms with E-state index in [9.17, 15) is 4.79 Å². The zero-order valence-electron chi connectivity index (χ0n) is 14.2. The number of ether oxygens (including phenoxy) is 3. The Morgan fingerprint density at radius 1 is 1.00 bits per heavy atom. The highest BCUT2D eigenvalue weighted by Gasteiger charge is 2.23. The first-order chi connectivity index (χ1) is 11.7. The number of carbonyl (C=O) groups is 1. The molecule has 0 bridgehead atoms. The molecule has 0 spiro atoms. The quantitative estimate of drug-likeness (QED) is 0.395. The first-order valence-electron chi connectivity index (χ1n) is 8.05. The molecule has 0 heterocycles. The predicted molar refractivity (Wildman–Crippen MR) is 92.2 cm³/mol. The number of hydrogen-bond acceptors (Lipinski definition) is 4. The maximum atomic E-state index is 11.6. The van der Waals surface area contributed by atoms with Crippen LogP contribution in [-0.4, -0.2) is 19.9 Å². The van der Waals surface area contributed by atoms with E-state index in [1.807, 2.05) is 67.6 Å². The Morgan fingerprint density at radius 2 is 1.62 bits per heavy atom. The molecule has 2 atom stereocenters. The van der Waals surface area contributed by atoms with Crippen molar-refractivity contribution in [3.63, 3.8) is 0 Å². The molecule has 0 aliphatic carbocycles. The topological polar surface area (TPSA) is 44.8 Å². The maximum absolute atomic E-state index is 11.6. The summed E-state index contributed by atoms with van der Waals surface area (Å²) in [7, 11) is 1.40. The van der Waals surface area contributed by atoms with Crippen molar-refractivity contribution in [1.29, 1.82) is 0 Å². The highest BCUT2D eigenvalue weighted by Crippen LogP contribution is 2.28. The van der Waals surface area contributed by atoms with Crippen molar-refractivity contribution in [3.8, 4) is 0 Å². The molecule has 0 amide bonds. The lowest BCUT2D eigenvalue weighted by Crippen LogP contribution is -2.19. The summed E-state index contributed by atoms with van der Waals surface area (Å²) < 4.78 is 16.3. The molecule has 0 saturated carbocycles. The van der Waals surface area contributed by atoms with Gasteiger partial charge in [0.05, 0.1) is 26.2 Å². The molecule has 4 heteroatoms. The van der Waals surface area contributed by atoms with Gasteiger partial charge in [0.25, 0.3) is 0 Å². The van der Waals surface area contributed by atoms with Gasteiger partial charge < -0.3 is 14.2 Å². The van der Waals surface area contributed by atoms with Gasteiger partial charge in [0.1, 0.15) is 6.79 Å². The molecule has 0 aliphatic rings. The van der Waals surface area contributed by atoms with Crippen LogP contribution in [0.25, 0.3) is 0 Å². The van der Waals surface area contributed by atoms with Crippen LogP contribution in [-0.2, 0) is 25.6 Å². The average molecular weight is 328 g/mol. The van der Waals surface area contributed by atoms with Gasteiger partial charge in [-0.1, -0.05) is 67.6 Å². The third kappa shape index (κ3) is 5.80. The second kappa shape index (κ2) is 9.85. The number of benzene rings is 2. The summed E-state index contributed by atoms with van der Waals surface area (Å²) in [6.07, 6.45) is 0.0791. The second-order valence-corrected chi connectivity index (χ2v) is 5.71. The zero-order chi connectivity index (χ0) is 17.2. The molecule has 24 heavy (non-hydrogen) atoms. The summed E-state index contributed by atoms with van der Waals surface area (Å²) in [6.45, 7) is 2.64. The molecule has 2 aromatic rings. The second-order valence-electron chi connectivity index (χ2n) is 5.71. The molecular weight excluding hydrogens is 304 g/mol. The van der Waals surface area contributed by atoms with E-state index in [0.717, 1.165) is 11.1 Å². The fraction of sp³-hybridized carbons (Fsp3) is 0.350. The molecule has 0 saturated heterocycles. The minimum atomic E-state index is -0.239. The van der Waals surface area contributed by atoms with Crippen molar-refractivity contribution < 1.29 is 19.0 Å². The van der Waals surface area contributed by atoms with Crippen LogP contribution >= 0.6 is 0 Å². The minimum absolute atomic E-state index is 0.0137. The highest BCUT2D eigenvalue weighted by atomic mass is 16.7. The molecule has 0 aliphatic heterocycles. The van der Waals surface area contributed by atoms with Crippen LogP contribution < -0.4 is 0 Å². The van der Waals surface area contributed by atoms with Gasteiger partial charge >= 0.3 is 5.97 Å². The SMILES string of the molecule is COC(=O)C[C@@H](C)[C@@H](OCOCc1ccccc1)c1ccccc1. The molecule has 4 nitrogen and oxygen atoms in total. The Labute approximate surface area is 143 Å². The number of esters is 1. The van der Waals surface area contributed by atoms with E-state index in [0.29, 0.717) is 13.0 Å². The monoisotopic (exact) mass is 328 g/mol. The molecule has 0 N–H and O–H groups in total. The first-order valence-corrected chi connectivity index (χ1v) is 8.05. The van der Waals surface area contributed by atoms with Crippen LogP contribution in [0.4, 0.5) is 0 Å². The number of methoxy groups -OCH3 is 1. The summed E-state index contributed by atoms with van der Waals surface area (Å²) in [5.74, 6) is -0.252. The van der Waals surface area contributed by atoms with Crippen LogP contribution in [0, 0.1) is 5.92 Å². The van der Waals surface area contributed by atoms with Crippen molar-refractivity contribution in [3.05, 3.63) is 71.8 Å². The van der Waals surface area contributed by atoms with E-state index in [1.165, 1.54) is 7.11 Å². The normalized spacial score (nSPS) is 13.2. The highest BCUT2D eigenvalue weighted by molar-refractivity contribution is 5.69. The van der Waals surface area contributed by atoms with Crippen molar-refractivity contribution in [1.82, 2.24) is 0 Å². The van der Waals surface area contributed by atoms with Crippen molar-refractivity contribution in [2.24, 2.45) is 5.92 Å². The minimum Gasteiger partial charge on any atom is -0.469 e. The molecule has 0 aromatic heterocycles. The molecule has 0 radical (unpaired) electrons. The van der Waals surface area contributed by atoms with Crippen LogP contribution in [0.3, 0.4) is 0 Å². The van der Waals surface area contributed by atoms with E-state index in [1.54, 1.807) is 0 Å². The summed E-state index contributed by atoms with van der Waals surface area (Å²) in [5.41, 5.74) is 2.12. The maximum Gasteiger partial charge on any atom is 0.305 e. The predicted octanol–water partition coefficient (Wildman–Crippen LogP) is 4.12. The molecule has 2 rings (SSSR count). The lowest BCUT2D eigenvalue weighted by molar-refractivity contribution is -0.146. The van der Waals surface area contributed by atoms with Gasteiger partial charge in [-0.3, -0.25) is 4.79 Å². The summed E-state index contributed by atoms with van der Waals surface area (Å²) in [6, 6.07) is 19.8. The fourth-order valence-electron chi connectivity index (χ4n) is 2.54. The van der Waals surface area contributed by atoms with Gasteiger partial charge in [-0.2, -0.15) is 0 Å². The first kappa shape index (κ1) is 18.2. The lowest BCUT2D eigenvalue weighted by Gasteiger charge is -2.24. The lowest BCUT2D eigenvalue weighted by atomic mass is 9.94. The van der Waals surface area contributed by atoms with E-state index in [-0.39, 0.29) is 24.8 Å². The van der Waals surface area contributed by atoms with Crippen molar-refractivity contribution in [2.75, 3.05) is 13.9 Å². The third-order valence-electron chi connectivity index (χ3n) is 3.80. The van der Waals surface area contributed by atoms with E-state index in [2.05, 4.69) is 0 Å². The Bertz CT molecular complexity index is 598. The van der Waals surface area contributed by atoms with Gasteiger partial charge in [0.2, 0.25) is 0 Å². The summed E-state index contributed by atoms with van der Waals surface area (Å²) in [5, 5.41) is 0. The van der Waals surface area contributed by atoms with Gasteiger partial charge in [0, 0.05) is 0 Å². The number of rotatable bonds is 9. The average Bonchev–Trinajstić information content (AvgIpc) is 2.63. The Balaban J connectivity index is 1.92. The number of carbonyl (C=O) groups excluding carboxylic acids is 1. The molecule has 0 fully saturated rings. The van der Waals surface area contributed by atoms with E-state index < -0.39 is 0 Å². The molecule has 128 valence electrons. The third-order valence-corrected chi connectivity index (χ3v) is 3.80. The number of hydrogen-bond donors (Lipinski definition) is 0. The molecule has 0 unspecified atom stereocenters. The smallest absolute Gasteiger partial charge is 0.305 e. The van der Waals surface area contributed by atoms with Gasteiger partial charge in [-0.25, -0.2) is 0 Å². The molecule has 2 aromatic carbocycles. The van der Waals surface area contributed by atoms with Crippen LogP contribution in [0.15, 0.2) is 60.7 Å². The fourth-order valence-corrected chi connectivity index (χ4v) is 2.54. The Hall–Kier alpha value is -2.17. The van der Waals surface area contributed by atoms with Gasteiger partial charge in [-0.15, -0.1) is 0 Å². The van der Waals surface area contributed by atoms with Gasteiger partial charge in [0.15, 0.2) is 0 Å². The van der Waals surface area contributed by atoms with Gasteiger partial charge in [-0.05, 0) is 17.0 Å². The Kier molecular flexibility index (Phi) is 7.46. The van der Waals surface area contributed by atoms with E-state index in [4.69, 9.17) is 14.2 Å². The van der Waals surface area contributed by atoms with Crippen LogP contribution in [0.2, 0.25) is 0 Å². The summed E-state index contributed by atoms with van der Waals surface area (Å²) >= 11 is 0. The van der Waals surface area contributed by atoms with Crippen molar-refractivity contribution >= 4 is 5.97 Å². The van der Waals surface area contributed by atoms with Crippen molar-refractivity contribution in [2.45, 2.75) is 26.1 Å². The van der Waals surface area contributed by atoms with Crippen LogP contribution in [0.5, 0.6) is 0 Å². The van der Waals surface area contributed by atoms with E-state index >= 15 is 0 Å². The van der Waals surface area contributed by atoms with Crippen LogP contribution in [0.1, 0.15) is 30.6 Å². The Morgan fingerprint density at radius 3 is 2.25 bits per heavy atom. The molecular formula is C20H24O4. The largest absolute Gasteiger partial charge is 0.469 e. The zero-order valence-corrected chi connectivity index (χ0v) is 14.2.